The van der Waals surface area contributed by atoms with Crippen LogP contribution < -0.4 is 10.5 Å². The molecule has 0 bridgehead atoms. The highest BCUT2D eigenvalue weighted by atomic mass is 32.2. The molecular formula is C22H29N3O5S2. The summed E-state index contributed by atoms with van der Waals surface area (Å²) in [4.78, 5) is 12.8. The molecule has 0 spiro atoms. The lowest BCUT2D eigenvalue weighted by molar-refractivity contribution is 0.102. The maximum Gasteiger partial charge on any atom is 0.255 e. The van der Waals surface area contributed by atoms with Gasteiger partial charge in [0.2, 0.25) is 20.0 Å². The fourth-order valence-electron chi connectivity index (χ4n) is 4.14. The highest BCUT2D eigenvalue weighted by Crippen LogP contribution is 2.27. The topological polar surface area (TPSA) is 127 Å². The lowest BCUT2D eigenvalue weighted by atomic mass is 9.94. The molecule has 0 radical (unpaired) electrons. The zero-order valence-electron chi connectivity index (χ0n) is 18.4. The summed E-state index contributed by atoms with van der Waals surface area (Å²) in [6.07, 6.45) is 1.44. The number of piperidine rings is 1. The Morgan fingerprint density at radius 3 is 2.31 bits per heavy atom. The largest absolute Gasteiger partial charge is 0.322 e. The first-order chi connectivity index (χ1) is 14.9. The van der Waals surface area contributed by atoms with Gasteiger partial charge in [-0.15, -0.1) is 0 Å². The SMILES string of the molecule is CCc1ccc(NC(=O)c2cccc(S(=O)(=O)N3CC(C)CC(C)C3)c2)cc1S(N)(=O)=O. The number of sulfonamides is 2. The van der Waals surface area contributed by atoms with Crippen LogP contribution >= 0.6 is 0 Å². The van der Waals surface area contributed by atoms with Crippen molar-refractivity contribution in [3.63, 3.8) is 0 Å². The Morgan fingerprint density at radius 2 is 1.72 bits per heavy atom. The van der Waals surface area contributed by atoms with Gasteiger partial charge < -0.3 is 5.32 Å². The van der Waals surface area contributed by atoms with Crippen LogP contribution in [0.15, 0.2) is 52.3 Å². The average molecular weight is 480 g/mol. The van der Waals surface area contributed by atoms with E-state index in [0.717, 1.165) is 6.42 Å². The third-order valence-corrected chi connectivity index (χ3v) is 8.40. The third kappa shape index (κ3) is 5.37. The minimum Gasteiger partial charge on any atom is -0.322 e. The van der Waals surface area contributed by atoms with Gasteiger partial charge in [0.25, 0.3) is 5.91 Å². The van der Waals surface area contributed by atoms with Crippen LogP contribution in [0.25, 0.3) is 0 Å². The molecule has 2 aromatic carbocycles. The van der Waals surface area contributed by atoms with E-state index < -0.39 is 26.0 Å². The molecule has 3 rings (SSSR count). The standard InChI is InChI=1S/C22H29N3O5S2/c1-4-17-8-9-19(12-21(17)31(23,27)28)24-22(26)18-6-5-7-20(11-18)32(29,30)25-13-15(2)10-16(3)14-25/h5-9,11-12,15-16H,4,10,13-14H2,1-3H3,(H,24,26)(H2,23,27,28). The second-order valence-corrected chi connectivity index (χ2v) is 11.9. The van der Waals surface area contributed by atoms with E-state index in [1.807, 2.05) is 13.8 Å². The van der Waals surface area contributed by atoms with Crippen molar-refractivity contribution >= 4 is 31.6 Å². The molecule has 2 atom stereocenters. The molecule has 2 aromatic rings. The number of hydrogen-bond donors (Lipinski definition) is 2. The van der Waals surface area contributed by atoms with Crippen molar-refractivity contribution in [3.05, 3.63) is 53.6 Å². The zero-order valence-corrected chi connectivity index (χ0v) is 20.0. The Kier molecular flexibility index (Phi) is 7.09. The molecule has 1 heterocycles. The Hall–Kier alpha value is -2.27. The van der Waals surface area contributed by atoms with E-state index >= 15 is 0 Å². The number of benzene rings is 2. The maximum absolute atomic E-state index is 13.2. The Balaban J connectivity index is 1.86. The molecular weight excluding hydrogens is 450 g/mol. The lowest BCUT2D eigenvalue weighted by Gasteiger charge is -2.34. The van der Waals surface area contributed by atoms with E-state index in [1.165, 1.54) is 34.6 Å². The minimum absolute atomic E-state index is 0.0533. The Bertz CT molecular complexity index is 1220. The zero-order chi connectivity index (χ0) is 23.7. The van der Waals surface area contributed by atoms with Gasteiger partial charge in [0, 0.05) is 24.3 Å². The minimum atomic E-state index is -3.95. The third-order valence-electron chi connectivity index (χ3n) is 5.58. The number of primary sulfonamides is 1. The molecule has 1 aliphatic heterocycles. The van der Waals surface area contributed by atoms with Crippen molar-refractivity contribution in [1.82, 2.24) is 4.31 Å². The summed E-state index contributed by atoms with van der Waals surface area (Å²) >= 11 is 0. The van der Waals surface area contributed by atoms with Gasteiger partial charge in [-0.05, 0) is 60.6 Å². The van der Waals surface area contributed by atoms with E-state index in [1.54, 1.807) is 19.1 Å². The molecule has 2 unspecified atom stereocenters. The van der Waals surface area contributed by atoms with Crippen LogP contribution in [-0.4, -0.2) is 40.1 Å². The van der Waals surface area contributed by atoms with E-state index in [9.17, 15) is 21.6 Å². The number of hydrogen-bond acceptors (Lipinski definition) is 5. The molecule has 0 aromatic heterocycles. The molecule has 1 amide bonds. The number of nitrogens with two attached hydrogens (primary N) is 1. The van der Waals surface area contributed by atoms with Crippen LogP contribution in [0, 0.1) is 11.8 Å². The van der Waals surface area contributed by atoms with Crippen molar-refractivity contribution in [1.29, 1.82) is 0 Å². The first kappa shape index (κ1) is 24.4. The number of nitrogens with zero attached hydrogens (tertiary/aromatic N) is 1. The number of anilines is 1. The Labute approximate surface area is 189 Å². The fraction of sp³-hybridized carbons (Fsp3) is 0.409. The molecule has 3 N–H and O–H groups in total. The number of nitrogens with one attached hydrogen (secondary N) is 1. The summed E-state index contributed by atoms with van der Waals surface area (Å²) in [5, 5.41) is 7.92. The van der Waals surface area contributed by atoms with Crippen LogP contribution in [0.2, 0.25) is 0 Å². The summed E-state index contributed by atoms with van der Waals surface area (Å²) in [5.41, 5.74) is 0.952. The Morgan fingerprint density at radius 1 is 1.06 bits per heavy atom. The smallest absolute Gasteiger partial charge is 0.255 e. The summed E-state index contributed by atoms with van der Waals surface area (Å²) in [5.74, 6) is -0.0229. The molecule has 32 heavy (non-hydrogen) atoms. The van der Waals surface area contributed by atoms with E-state index in [4.69, 9.17) is 5.14 Å². The highest BCUT2D eigenvalue weighted by Gasteiger charge is 2.32. The molecule has 10 heteroatoms. The maximum atomic E-state index is 13.2. The normalized spacial score (nSPS) is 20.1. The number of amides is 1. The predicted octanol–water partition coefficient (Wildman–Crippen LogP) is 2.82. The van der Waals surface area contributed by atoms with Crippen LogP contribution in [-0.2, 0) is 26.5 Å². The van der Waals surface area contributed by atoms with Crippen LogP contribution in [0.5, 0.6) is 0 Å². The monoisotopic (exact) mass is 479 g/mol. The molecule has 0 saturated carbocycles. The van der Waals surface area contributed by atoms with Crippen molar-refractivity contribution in [3.8, 4) is 0 Å². The van der Waals surface area contributed by atoms with Gasteiger partial charge in [0.05, 0.1) is 9.79 Å². The molecule has 174 valence electrons. The molecule has 8 nitrogen and oxygen atoms in total. The average Bonchev–Trinajstić information content (AvgIpc) is 2.72. The number of aryl methyl sites for hydroxylation is 1. The first-order valence-electron chi connectivity index (χ1n) is 10.5. The van der Waals surface area contributed by atoms with Crippen LogP contribution in [0.4, 0.5) is 5.69 Å². The van der Waals surface area contributed by atoms with Crippen molar-refractivity contribution in [2.24, 2.45) is 17.0 Å². The fourth-order valence-corrected chi connectivity index (χ4v) is 6.74. The van der Waals surface area contributed by atoms with Crippen molar-refractivity contribution in [2.45, 2.75) is 43.4 Å². The van der Waals surface area contributed by atoms with Gasteiger partial charge in [-0.2, -0.15) is 4.31 Å². The van der Waals surface area contributed by atoms with E-state index in [2.05, 4.69) is 5.32 Å². The quantitative estimate of drug-likeness (QED) is 0.659. The highest BCUT2D eigenvalue weighted by molar-refractivity contribution is 7.89. The van der Waals surface area contributed by atoms with Gasteiger partial charge in [-0.25, -0.2) is 22.0 Å². The summed E-state index contributed by atoms with van der Waals surface area (Å²) < 4.78 is 51.5. The second-order valence-electron chi connectivity index (χ2n) is 8.47. The van der Waals surface area contributed by atoms with Gasteiger partial charge in [0.15, 0.2) is 0 Å². The van der Waals surface area contributed by atoms with Crippen molar-refractivity contribution in [2.75, 3.05) is 18.4 Å². The van der Waals surface area contributed by atoms with Crippen molar-refractivity contribution < 1.29 is 21.6 Å². The lowest BCUT2D eigenvalue weighted by Crippen LogP contribution is -2.42. The predicted molar refractivity (Wildman–Crippen MR) is 123 cm³/mol. The van der Waals surface area contributed by atoms with Gasteiger partial charge in [-0.3, -0.25) is 4.79 Å². The second kappa shape index (κ2) is 9.30. The van der Waals surface area contributed by atoms with Gasteiger partial charge in [0.1, 0.15) is 0 Å². The van der Waals surface area contributed by atoms with Crippen LogP contribution in [0.1, 0.15) is 43.1 Å². The number of carbonyl (C=O) groups is 1. The summed E-state index contributed by atoms with van der Waals surface area (Å²) in [7, 11) is -7.69. The molecule has 1 saturated heterocycles. The molecule has 0 aliphatic carbocycles. The molecule has 1 aliphatic rings. The summed E-state index contributed by atoms with van der Waals surface area (Å²) in [6, 6.07) is 10.3. The van der Waals surface area contributed by atoms with E-state index in [-0.39, 0.29) is 32.9 Å². The van der Waals surface area contributed by atoms with Gasteiger partial charge in [-0.1, -0.05) is 32.9 Å². The molecule has 1 fully saturated rings. The first-order valence-corrected chi connectivity index (χ1v) is 13.5. The number of rotatable bonds is 6. The number of carbonyl (C=O) groups excluding carboxylic acids is 1. The van der Waals surface area contributed by atoms with E-state index in [0.29, 0.717) is 25.1 Å². The summed E-state index contributed by atoms with van der Waals surface area (Å²) in [6.45, 7) is 6.76. The van der Waals surface area contributed by atoms with Gasteiger partial charge >= 0.3 is 0 Å². The van der Waals surface area contributed by atoms with Crippen LogP contribution in [0.3, 0.4) is 0 Å².